The maximum absolute atomic E-state index is 12.7. The van der Waals surface area contributed by atoms with Crippen molar-refractivity contribution in [1.82, 2.24) is 89.3 Å². The van der Waals surface area contributed by atoms with Crippen LogP contribution in [0.3, 0.4) is 0 Å². The minimum absolute atomic E-state index is 0.0135. The zero-order chi connectivity index (χ0) is 96.4. The minimum Gasteiger partial charge on any atom is -0.481 e. The number of Topliss-reactive ketones (excluding diaryl/α,β-unsaturated/α-hetero) is 3. The highest BCUT2D eigenvalue weighted by Crippen LogP contribution is 2.35. The number of ether oxygens (including phenoxy) is 8. The van der Waals surface area contributed by atoms with Gasteiger partial charge in [-0.15, -0.1) is 12.8 Å². The quantitative estimate of drug-likeness (QED) is 0.0113. The molecule has 136 heavy (non-hydrogen) atoms. The molecule has 0 bridgehead atoms. The van der Waals surface area contributed by atoms with Gasteiger partial charge in [-0.05, 0) is 81.5 Å². The Balaban J connectivity index is 0.000000208. The Morgan fingerprint density at radius 2 is 0.750 bits per heavy atom. The summed E-state index contributed by atoms with van der Waals surface area (Å²) in [6, 6.07) is 11.3. The van der Waals surface area contributed by atoms with E-state index in [-0.39, 0.29) is 42.4 Å². The molecule has 0 unspecified atom stereocenters. The van der Waals surface area contributed by atoms with Crippen molar-refractivity contribution >= 4 is 121 Å². The Kier molecular flexibility index (Phi) is 40.3. The van der Waals surface area contributed by atoms with Crippen LogP contribution in [0.25, 0.3) is 66.8 Å². The van der Waals surface area contributed by atoms with Crippen molar-refractivity contribution in [1.29, 1.82) is 0 Å². The van der Waals surface area contributed by atoms with Gasteiger partial charge in [-0.25, -0.2) is 74.0 Å². The first-order chi connectivity index (χ1) is 66.0. The molecule has 2 aromatic carbocycles. The van der Waals surface area contributed by atoms with Crippen molar-refractivity contribution in [3.05, 3.63) is 121 Å². The maximum Gasteiger partial charge on any atom is 0.490 e. The summed E-state index contributed by atoms with van der Waals surface area (Å²) in [7, 11) is 0. The first-order valence-electron chi connectivity index (χ1n) is 43.9. The number of hydrogen-bond acceptors (Lipinski definition) is 40. The normalized spacial score (nSPS) is 12.7. The van der Waals surface area contributed by atoms with Gasteiger partial charge >= 0.3 is 18.1 Å². The van der Waals surface area contributed by atoms with E-state index in [0.29, 0.717) is 291 Å². The number of ketones is 3. The molecule has 2 fully saturated rings. The average molecular weight is 1890 g/mol. The van der Waals surface area contributed by atoms with E-state index in [4.69, 9.17) is 113 Å². The number of aryl methyl sites for hydroxylation is 2. The van der Waals surface area contributed by atoms with Gasteiger partial charge < -0.3 is 105 Å². The number of carbonyl (C=O) groups excluding carboxylic acids is 3. The fourth-order valence-corrected chi connectivity index (χ4v) is 13.7. The molecular weight excluding hydrogens is 1780 g/mol. The number of rotatable bonds is 50. The second kappa shape index (κ2) is 53.6. The summed E-state index contributed by atoms with van der Waals surface area (Å²) in [6.45, 7) is 14.1. The van der Waals surface area contributed by atoms with Crippen LogP contribution in [0, 0.1) is 24.7 Å². The number of anilines is 8. The monoisotopic (exact) mass is 1880 g/mol. The highest BCUT2D eigenvalue weighted by Gasteiger charge is 2.38. The number of aliphatic carboxylic acids is 2. The van der Waals surface area contributed by atoms with Crippen molar-refractivity contribution < 1.29 is 94.1 Å². The molecule has 0 spiro atoms. The number of benzene rings is 2. The van der Waals surface area contributed by atoms with Gasteiger partial charge in [0.05, 0.1) is 132 Å². The number of carboxylic acids is 2. The Hall–Kier alpha value is -14.3. The number of piperazine rings is 2. The lowest BCUT2D eigenvalue weighted by Crippen LogP contribution is -2.47. The predicted octanol–water partition coefficient (Wildman–Crippen LogP) is 7.19. The third-order valence-electron chi connectivity index (χ3n) is 20.7. The van der Waals surface area contributed by atoms with Crippen LogP contribution in [0.15, 0.2) is 107 Å². The van der Waals surface area contributed by atoms with Crippen molar-refractivity contribution in [3.8, 4) is 47.2 Å². The molecule has 2 aliphatic rings. The standard InChI is InChI=1S/C44H53N13O7.C27H36N6O7.C16H18N8O.C2HF3O2/c1-2-31-26-47-43(48-27-31)55-13-15-56(16-14-55)44-49-28-33(29-50-44)36(59)8-6-17-60-19-21-62-23-24-63-22-20-61-18-11-34(58)7-4-3-5-12-57-41-38(40(45)51-30-52-41)39(54-57)32-9-10-37-35(25-32)53-42(46)64-37;1-2-22-18-28-26(29-19-22)32-6-8-33(9-7-32)27-30-20-23(21-31-27)24(34)4-3-10-37-12-14-39-16-17-40-15-13-38-11-5-25(35)36;17-5-1-2-6-24-15-12(14(18)20-8-21-15)13(23-24)9-3-4-11-10(7-9)22-16(19)25-11;3-2(4,5)1(6)7/h1,9-10,25-30H,3-8,11-24H2,(H2,46,53)(H2,45,51,52);1,18-21H,3-17H2,(H,35,36);3-4,7-8H,1-2,5-6,17H2,(H2,19,22)(H2,18,20,21);(H,6,7). The van der Waals surface area contributed by atoms with E-state index in [1.54, 1.807) is 55.6 Å². The molecule has 12 N–H and O–H groups in total. The molecule has 47 heteroatoms. The van der Waals surface area contributed by atoms with Crippen LogP contribution in [0.4, 0.5) is 60.6 Å². The van der Waals surface area contributed by atoms with Gasteiger partial charge in [-0.2, -0.15) is 33.3 Å². The second-order valence-electron chi connectivity index (χ2n) is 30.3. The van der Waals surface area contributed by atoms with Crippen molar-refractivity contribution in [2.75, 3.05) is 207 Å². The SMILES string of the molecule is C#Cc1cnc(N2CCN(c3ncc(C(=O)CCCOCCOCCOCCOCCC(=O)CCCCCn4nc(-c5ccc6oc(N)nc6c5)c5c(N)ncnc54)cn3)CC2)nc1.C#Cc1cnc(N2CCN(c3ncc(C(=O)CCCOCCOCCOCCOCCC(=O)O)cn3)CC2)nc1.NCCCCn1nc(-c2ccc3oc(N)nc3c2)c2c(N)ncnc21.O=C(O)C(F)(F)F. The van der Waals surface area contributed by atoms with Gasteiger partial charge in [0.1, 0.15) is 52.5 Å². The van der Waals surface area contributed by atoms with Gasteiger partial charge in [0.25, 0.3) is 12.0 Å². The summed E-state index contributed by atoms with van der Waals surface area (Å²) >= 11 is 0. The Labute approximate surface area is 778 Å². The summed E-state index contributed by atoms with van der Waals surface area (Å²) < 4.78 is 89.8. The molecule has 722 valence electrons. The van der Waals surface area contributed by atoms with Crippen LogP contribution < -0.4 is 48.3 Å². The molecule has 14 rings (SSSR count). The van der Waals surface area contributed by atoms with Crippen molar-refractivity contribution in [2.24, 2.45) is 5.73 Å². The van der Waals surface area contributed by atoms with Crippen LogP contribution in [-0.4, -0.2) is 300 Å². The van der Waals surface area contributed by atoms with E-state index < -0.39 is 18.1 Å². The number of carbonyl (C=O) groups is 5. The number of nitrogen functional groups attached to an aromatic ring is 4. The topological polar surface area (TPSA) is 585 Å². The fourth-order valence-electron chi connectivity index (χ4n) is 13.7. The Morgan fingerprint density at radius 3 is 1.10 bits per heavy atom. The fraction of sp³-hybridized carbons (Fsp3) is 0.449. The lowest BCUT2D eigenvalue weighted by atomic mass is 10.1. The molecule has 0 amide bonds. The van der Waals surface area contributed by atoms with Crippen molar-refractivity contribution in [3.63, 3.8) is 0 Å². The van der Waals surface area contributed by atoms with Gasteiger partial charge in [0.15, 0.2) is 34.0 Å². The first-order valence-corrected chi connectivity index (χ1v) is 43.9. The molecule has 0 atom stereocenters. The zero-order valence-corrected chi connectivity index (χ0v) is 74.8. The van der Waals surface area contributed by atoms with E-state index in [1.807, 2.05) is 39.7 Å². The molecule has 44 nitrogen and oxygen atoms in total. The Morgan fingerprint density at radius 1 is 0.412 bits per heavy atom. The molecule has 2 saturated heterocycles. The smallest absolute Gasteiger partial charge is 0.481 e. The van der Waals surface area contributed by atoms with Crippen LogP contribution in [0.5, 0.6) is 0 Å². The molecule has 10 aromatic heterocycles. The number of aromatic nitrogens is 18. The summed E-state index contributed by atoms with van der Waals surface area (Å²) in [5.41, 5.74) is 38.4. The van der Waals surface area contributed by atoms with E-state index in [1.165, 1.54) is 12.7 Å². The van der Waals surface area contributed by atoms with Gasteiger partial charge in [0.2, 0.25) is 23.8 Å². The van der Waals surface area contributed by atoms with Gasteiger partial charge in [-0.1, -0.05) is 18.3 Å². The minimum atomic E-state index is -5.08. The number of terminal acetylenes is 2. The lowest BCUT2D eigenvalue weighted by Gasteiger charge is -2.34. The summed E-state index contributed by atoms with van der Waals surface area (Å²) in [4.78, 5) is 126. The molecule has 2 aliphatic heterocycles. The third kappa shape index (κ3) is 31.7. The number of nitrogens with zero attached hydrogens (tertiary/aromatic N) is 22. The maximum atomic E-state index is 12.7. The van der Waals surface area contributed by atoms with Gasteiger partial charge in [-0.3, -0.25) is 19.2 Å². The number of unbranched alkanes of at least 4 members (excludes halogenated alkanes) is 3. The number of carboxylic acid groups (broad SMARTS) is 2. The number of alkyl halides is 3. The molecular formula is C89H108F3N27O17. The average Bonchev–Trinajstić information content (AvgIpc) is 1.62. The van der Waals surface area contributed by atoms with Crippen LogP contribution >= 0.6 is 0 Å². The number of hydrogen-bond donors (Lipinski definition) is 7. The highest BCUT2D eigenvalue weighted by molar-refractivity contribution is 6.01. The molecule has 12 heterocycles. The van der Waals surface area contributed by atoms with E-state index in [9.17, 15) is 32.3 Å². The summed E-state index contributed by atoms with van der Waals surface area (Å²) in [5.74, 6) is 4.75. The number of fused-ring (bicyclic) bond motifs is 4. The number of nitrogens with two attached hydrogens (primary N) is 5. The van der Waals surface area contributed by atoms with E-state index >= 15 is 0 Å². The molecule has 0 saturated carbocycles. The highest BCUT2D eigenvalue weighted by atomic mass is 19.4. The predicted molar refractivity (Wildman–Crippen MR) is 493 cm³/mol. The van der Waals surface area contributed by atoms with Crippen molar-refractivity contribution in [2.45, 2.75) is 96.3 Å². The number of oxazole rings is 2. The largest absolute Gasteiger partial charge is 0.490 e. The second-order valence-corrected chi connectivity index (χ2v) is 30.3. The lowest BCUT2D eigenvalue weighted by molar-refractivity contribution is -0.192. The molecule has 0 aliphatic carbocycles. The molecule has 12 aromatic rings. The van der Waals surface area contributed by atoms with Crippen LogP contribution in [0.1, 0.15) is 109 Å². The van der Waals surface area contributed by atoms with Crippen LogP contribution in [-0.2, 0) is 65.4 Å². The zero-order valence-electron chi connectivity index (χ0n) is 74.8. The number of halogens is 3. The summed E-state index contributed by atoms with van der Waals surface area (Å²) in [5, 5.41) is 26.6. The van der Waals surface area contributed by atoms with E-state index in [0.717, 1.165) is 74.8 Å². The Bertz CT molecular complexity index is 5890. The first kappa shape index (κ1) is 102. The summed E-state index contributed by atoms with van der Waals surface area (Å²) in [6.07, 6.45) is 28.5. The molecule has 0 radical (unpaired) electrons. The van der Waals surface area contributed by atoms with Gasteiger partial charge in [0, 0.05) is 165 Å². The van der Waals surface area contributed by atoms with E-state index in [2.05, 4.69) is 101 Å². The third-order valence-corrected chi connectivity index (χ3v) is 20.7. The van der Waals surface area contributed by atoms with Crippen LogP contribution in [0.2, 0.25) is 0 Å².